The molecule has 38 heavy (non-hydrogen) atoms. The van der Waals surface area contributed by atoms with Crippen molar-refractivity contribution in [1.82, 2.24) is 19.1 Å². The van der Waals surface area contributed by atoms with E-state index in [0.717, 1.165) is 58.8 Å². The van der Waals surface area contributed by atoms with Gasteiger partial charge in [0.2, 0.25) is 0 Å². The number of anilines is 1. The molecule has 0 saturated heterocycles. The maximum absolute atomic E-state index is 13.4. The zero-order valence-electron chi connectivity index (χ0n) is 21.7. The molecule has 2 aromatic carbocycles. The van der Waals surface area contributed by atoms with E-state index in [1.165, 1.54) is 22.0 Å². The summed E-state index contributed by atoms with van der Waals surface area (Å²) in [6.07, 6.45) is 5.74. The molecule has 0 bridgehead atoms. The second-order valence-electron chi connectivity index (χ2n) is 9.59. The predicted molar refractivity (Wildman–Crippen MR) is 152 cm³/mol. The number of halogens is 1. The lowest BCUT2D eigenvalue weighted by atomic mass is 10.00. The smallest absolute Gasteiger partial charge is 0.281 e. The number of carbonyl (C=O) groups excluding carboxylic acids is 1. The summed E-state index contributed by atoms with van der Waals surface area (Å²) in [4.78, 5) is 24.8. The highest BCUT2D eigenvalue weighted by atomic mass is 35.5. The van der Waals surface area contributed by atoms with Crippen molar-refractivity contribution in [1.29, 1.82) is 0 Å². The maximum atomic E-state index is 13.4. The summed E-state index contributed by atoms with van der Waals surface area (Å²) in [5.74, 6) is 1.49. The second kappa shape index (κ2) is 10.3. The second-order valence-corrected chi connectivity index (χ2v) is 9.59. The van der Waals surface area contributed by atoms with Crippen molar-refractivity contribution < 1.29 is 9.53 Å². The molecule has 3 aromatic heterocycles. The van der Waals surface area contributed by atoms with Crippen LogP contribution in [0.5, 0.6) is 5.75 Å². The van der Waals surface area contributed by atoms with Crippen LogP contribution in [0.25, 0.3) is 10.9 Å². The van der Waals surface area contributed by atoms with Gasteiger partial charge in [-0.25, -0.2) is 9.97 Å². The standard InChI is InChI=1S/C30H29N5O2.ClH/c1-20-21(2)35(17-22-7-6-10-25(15-22)37-3)28-26(20)16-27(30(36)34-14-12-31-19-34)32-29(28)33-13-11-23-8-4-5-9-24(23)18-33;/h4-10,12,14-16,19H,11,13,17-18H2,1-3H3;1H. The molecule has 4 heterocycles. The van der Waals surface area contributed by atoms with Crippen LogP contribution in [0.15, 0.2) is 73.3 Å². The monoisotopic (exact) mass is 527 g/mol. The minimum Gasteiger partial charge on any atom is -0.497 e. The van der Waals surface area contributed by atoms with Gasteiger partial charge in [-0.15, -0.1) is 12.4 Å². The predicted octanol–water partition coefficient (Wildman–Crippen LogP) is 5.58. The Bertz CT molecular complexity index is 1620. The van der Waals surface area contributed by atoms with Crippen LogP contribution < -0.4 is 9.64 Å². The average molecular weight is 528 g/mol. The van der Waals surface area contributed by atoms with Gasteiger partial charge in [0.05, 0.1) is 12.6 Å². The van der Waals surface area contributed by atoms with Crippen molar-refractivity contribution in [2.24, 2.45) is 0 Å². The van der Waals surface area contributed by atoms with Crippen LogP contribution in [-0.4, -0.2) is 38.7 Å². The van der Waals surface area contributed by atoms with Crippen LogP contribution >= 0.6 is 12.4 Å². The van der Waals surface area contributed by atoms with Crippen LogP contribution in [0.1, 0.15) is 38.4 Å². The number of aryl methyl sites for hydroxylation is 1. The summed E-state index contributed by atoms with van der Waals surface area (Å²) < 4.78 is 9.28. The van der Waals surface area contributed by atoms with E-state index < -0.39 is 0 Å². The first kappa shape index (κ1) is 25.5. The molecule has 0 radical (unpaired) electrons. The number of fused-ring (bicyclic) bond motifs is 2. The number of methoxy groups -OCH3 is 1. The zero-order chi connectivity index (χ0) is 25.5. The van der Waals surface area contributed by atoms with Gasteiger partial charge >= 0.3 is 0 Å². The largest absolute Gasteiger partial charge is 0.497 e. The SMILES string of the molecule is COc1cccc(Cn2c(C)c(C)c3cc(C(=O)n4ccnc4)nc(N4CCc5ccccc5C4)c32)c1.Cl. The molecule has 8 heteroatoms. The Morgan fingerprint density at radius 1 is 1.05 bits per heavy atom. The van der Waals surface area contributed by atoms with E-state index in [9.17, 15) is 4.79 Å². The number of benzene rings is 2. The van der Waals surface area contributed by atoms with Crippen molar-refractivity contribution in [3.63, 3.8) is 0 Å². The van der Waals surface area contributed by atoms with Crippen LogP contribution in [0.4, 0.5) is 5.82 Å². The van der Waals surface area contributed by atoms with E-state index in [1.54, 1.807) is 19.5 Å². The van der Waals surface area contributed by atoms with Gasteiger partial charge in [0.15, 0.2) is 5.82 Å². The van der Waals surface area contributed by atoms with Gasteiger partial charge < -0.3 is 14.2 Å². The molecule has 7 nitrogen and oxygen atoms in total. The third-order valence-electron chi connectivity index (χ3n) is 7.46. The van der Waals surface area contributed by atoms with Crippen molar-refractivity contribution in [3.8, 4) is 5.75 Å². The molecule has 1 aliphatic heterocycles. The number of aromatic nitrogens is 4. The van der Waals surface area contributed by atoms with Gasteiger partial charge in [0.1, 0.15) is 17.8 Å². The number of ether oxygens (including phenoxy) is 1. The molecule has 0 aliphatic carbocycles. The number of imidazole rings is 1. The summed E-state index contributed by atoms with van der Waals surface area (Å²) in [6.45, 7) is 6.54. The number of nitrogens with zero attached hydrogens (tertiary/aromatic N) is 5. The number of hydrogen-bond acceptors (Lipinski definition) is 5. The molecule has 0 atom stereocenters. The van der Waals surface area contributed by atoms with E-state index >= 15 is 0 Å². The van der Waals surface area contributed by atoms with Crippen molar-refractivity contribution in [2.75, 3.05) is 18.6 Å². The van der Waals surface area contributed by atoms with E-state index in [2.05, 4.69) is 64.7 Å². The molecule has 194 valence electrons. The normalized spacial score (nSPS) is 12.8. The minimum absolute atomic E-state index is 0. The van der Waals surface area contributed by atoms with E-state index in [0.29, 0.717) is 12.2 Å². The Hall–Kier alpha value is -4.10. The third-order valence-corrected chi connectivity index (χ3v) is 7.46. The van der Waals surface area contributed by atoms with Gasteiger partial charge in [-0.1, -0.05) is 36.4 Å². The lowest BCUT2D eigenvalue weighted by Gasteiger charge is -2.31. The Labute approximate surface area is 228 Å². The van der Waals surface area contributed by atoms with Crippen LogP contribution in [-0.2, 0) is 19.5 Å². The van der Waals surface area contributed by atoms with E-state index in [4.69, 9.17) is 9.72 Å². The van der Waals surface area contributed by atoms with Crippen molar-refractivity contribution >= 4 is 35.0 Å². The number of pyridine rings is 1. The molecular formula is C30H30ClN5O2. The fourth-order valence-corrected chi connectivity index (χ4v) is 5.31. The lowest BCUT2D eigenvalue weighted by molar-refractivity contribution is 0.0955. The highest BCUT2D eigenvalue weighted by Crippen LogP contribution is 2.35. The number of carbonyl (C=O) groups is 1. The molecule has 5 aromatic rings. The molecule has 0 spiro atoms. The lowest BCUT2D eigenvalue weighted by Crippen LogP contribution is -2.32. The highest BCUT2D eigenvalue weighted by molar-refractivity contribution is 6.02. The minimum atomic E-state index is -0.185. The molecule has 0 saturated carbocycles. The molecule has 1 aliphatic rings. The van der Waals surface area contributed by atoms with E-state index in [1.807, 2.05) is 18.2 Å². The van der Waals surface area contributed by atoms with Crippen LogP contribution in [0, 0.1) is 13.8 Å². The average Bonchev–Trinajstić information content (AvgIpc) is 3.56. The Morgan fingerprint density at radius 2 is 1.87 bits per heavy atom. The zero-order valence-corrected chi connectivity index (χ0v) is 22.5. The summed E-state index contributed by atoms with van der Waals surface area (Å²) >= 11 is 0. The number of rotatable bonds is 5. The van der Waals surface area contributed by atoms with Gasteiger partial charge in [-0.3, -0.25) is 9.36 Å². The van der Waals surface area contributed by atoms with Gasteiger partial charge in [0.25, 0.3) is 5.91 Å². The maximum Gasteiger partial charge on any atom is 0.281 e. The van der Waals surface area contributed by atoms with Crippen LogP contribution in [0.3, 0.4) is 0 Å². The molecule has 0 fully saturated rings. The first-order valence-corrected chi connectivity index (χ1v) is 12.5. The van der Waals surface area contributed by atoms with Gasteiger partial charge in [0, 0.05) is 43.1 Å². The Kier molecular flexibility index (Phi) is 6.95. The molecular weight excluding hydrogens is 498 g/mol. The summed E-state index contributed by atoms with van der Waals surface area (Å²) in [5.41, 5.74) is 7.60. The fraction of sp³-hybridized carbons (Fsp3) is 0.233. The topological polar surface area (TPSA) is 65.2 Å². The first-order chi connectivity index (χ1) is 18.0. The molecule has 0 N–H and O–H groups in total. The third kappa shape index (κ3) is 4.43. The van der Waals surface area contributed by atoms with Crippen molar-refractivity contribution in [3.05, 3.63) is 107 Å². The molecule has 0 amide bonds. The molecule has 0 unspecified atom stereocenters. The molecule has 6 rings (SSSR count). The summed E-state index contributed by atoms with van der Waals surface area (Å²) in [7, 11) is 1.69. The Morgan fingerprint density at radius 3 is 2.63 bits per heavy atom. The van der Waals surface area contributed by atoms with Gasteiger partial charge in [-0.2, -0.15) is 0 Å². The first-order valence-electron chi connectivity index (χ1n) is 12.5. The van der Waals surface area contributed by atoms with Gasteiger partial charge in [-0.05, 0) is 60.7 Å². The number of hydrogen-bond donors (Lipinski definition) is 0. The quantitative estimate of drug-likeness (QED) is 0.298. The fourth-order valence-electron chi connectivity index (χ4n) is 5.31. The van der Waals surface area contributed by atoms with Crippen molar-refractivity contribution in [2.45, 2.75) is 33.4 Å². The summed E-state index contributed by atoms with van der Waals surface area (Å²) in [5, 5.41) is 1.05. The Balaban J connectivity index is 0.00000294. The highest BCUT2D eigenvalue weighted by Gasteiger charge is 2.26. The van der Waals surface area contributed by atoms with E-state index in [-0.39, 0.29) is 18.3 Å². The summed E-state index contributed by atoms with van der Waals surface area (Å²) in [6, 6.07) is 18.7. The van der Waals surface area contributed by atoms with Crippen LogP contribution in [0.2, 0.25) is 0 Å².